The second-order valence-corrected chi connectivity index (χ2v) is 6.56. The average molecular weight is 404 g/mol. The van der Waals surface area contributed by atoms with Crippen molar-refractivity contribution in [1.82, 2.24) is 10.0 Å². The van der Waals surface area contributed by atoms with Crippen molar-refractivity contribution in [2.75, 3.05) is 40.5 Å². The summed E-state index contributed by atoms with van der Waals surface area (Å²) in [4.78, 5) is 0.196. The van der Waals surface area contributed by atoms with Crippen molar-refractivity contribution in [3.8, 4) is 5.75 Å². The lowest BCUT2D eigenvalue weighted by Crippen LogP contribution is -2.33. The van der Waals surface area contributed by atoms with E-state index in [9.17, 15) is 8.42 Å². The predicted octanol–water partition coefficient (Wildman–Crippen LogP) is 1.39. The molecule has 0 atom stereocenters. The standard InChI is InChI=1S/C12H19BrN2O4S.ClH/c1-18-8-7-14-5-6-15-20(16,17)10-3-4-12(19-2)11(13)9-10;/h3-4,9,14-15H,5-8H2,1-2H3;1H. The molecule has 0 amide bonds. The third-order valence-corrected chi connectivity index (χ3v) is 4.59. The lowest BCUT2D eigenvalue weighted by atomic mass is 10.3. The molecule has 0 heterocycles. The molecule has 0 fully saturated rings. The Bertz CT molecular complexity index is 528. The van der Waals surface area contributed by atoms with E-state index in [0.29, 0.717) is 36.5 Å². The molecule has 0 aliphatic rings. The molecule has 0 unspecified atom stereocenters. The maximum Gasteiger partial charge on any atom is 0.240 e. The van der Waals surface area contributed by atoms with Crippen LogP contribution in [0.5, 0.6) is 5.75 Å². The second kappa shape index (κ2) is 10.4. The molecule has 122 valence electrons. The van der Waals surface area contributed by atoms with E-state index in [2.05, 4.69) is 26.0 Å². The average Bonchev–Trinajstić information content (AvgIpc) is 2.42. The van der Waals surface area contributed by atoms with Gasteiger partial charge in [0, 0.05) is 26.7 Å². The highest BCUT2D eigenvalue weighted by Crippen LogP contribution is 2.27. The number of benzene rings is 1. The van der Waals surface area contributed by atoms with Gasteiger partial charge in [-0.25, -0.2) is 13.1 Å². The van der Waals surface area contributed by atoms with E-state index in [-0.39, 0.29) is 17.3 Å². The summed E-state index contributed by atoms with van der Waals surface area (Å²) in [5.41, 5.74) is 0. The van der Waals surface area contributed by atoms with Crippen LogP contribution in [0.2, 0.25) is 0 Å². The van der Waals surface area contributed by atoms with Crippen molar-refractivity contribution in [1.29, 1.82) is 0 Å². The maximum atomic E-state index is 12.0. The number of hydrogen-bond donors (Lipinski definition) is 2. The molecule has 1 rings (SSSR count). The third kappa shape index (κ3) is 6.94. The first-order valence-corrected chi connectivity index (χ1v) is 8.31. The fourth-order valence-electron chi connectivity index (χ4n) is 1.47. The van der Waals surface area contributed by atoms with Gasteiger partial charge in [-0.1, -0.05) is 0 Å². The summed E-state index contributed by atoms with van der Waals surface area (Å²) < 4.78 is 37.2. The number of methoxy groups -OCH3 is 2. The zero-order valence-electron chi connectivity index (χ0n) is 11.9. The zero-order chi connectivity index (χ0) is 15.0. The first-order valence-electron chi connectivity index (χ1n) is 6.04. The van der Waals surface area contributed by atoms with Crippen LogP contribution in [0, 0.1) is 0 Å². The van der Waals surface area contributed by atoms with E-state index in [1.54, 1.807) is 13.2 Å². The van der Waals surface area contributed by atoms with Crippen LogP contribution in [0.25, 0.3) is 0 Å². The normalized spacial score (nSPS) is 11.0. The van der Waals surface area contributed by atoms with Crippen LogP contribution in [-0.2, 0) is 14.8 Å². The van der Waals surface area contributed by atoms with Crippen LogP contribution in [0.3, 0.4) is 0 Å². The molecule has 1 aromatic rings. The first-order chi connectivity index (χ1) is 9.51. The number of ether oxygens (including phenoxy) is 2. The molecule has 2 N–H and O–H groups in total. The molecule has 0 radical (unpaired) electrons. The Kier molecular flexibility index (Phi) is 10.2. The zero-order valence-corrected chi connectivity index (χ0v) is 15.1. The highest BCUT2D eigenvalue weighted by Gasteiger charge is 2.15. The van der Waals surface area contributed by atoms with Gasteiger partial charge < -0.3 is 14.8 Å². The van der Waals surface area contributed by atoms with E-state index < -0.39 is 10.0 Å². The highest BCUT2D eigenvalue weighted by atomic mass is 79.9. The summed E-state index contributed by atoms with van der Waals surface area (Å²) in [7, 11) is -0.364. The molecule has 9 heteroatoms. The molecular formula is C12H20BrClN2O4S. The molecule has 0 aromatic heterocycles. The summed E-state index contributed by atoms with van der Waals surface area (Å²) >= 11 is 3.27. The quantitative estimate of drug-likeness (QED) is 0.609. The number of rotatable bonds is 9. The predicted molar refractivity (Wildman–Crippen MR) is 87.9 cm³/mol. The van der Waals surface area contributed by atoms with Gasteiger partial charge in [-0.3, -0.25) is 0 Å². The molecule has 0 spiro atoms. The molecule has 0 aliphatic heterocycles. The first kappa shape index (κ1) is 20.6. The van der Waals surface area contributed by atoms with Crippen LogP contribution in [0.15, 0.2) is 27.6 Å². The Hall–Kier alpha value is -0.380. The van der Waals surface area contributed by atoms with Crippen LogP contribution in [-0.4, -0.2) is 48.9 Å². The summed E-state index contributed by atoms with van der Waals surface area (Å²) in [6.45, 7) is 2.14. The number of sulfonamides is 1. The van der Waals surface area contributed by atoms with Gasteiger partial charge in [0.05, 0.1) is 23.1 Å². The van der Waals surface area contributed by atoms with Gasteiger partial charge >= 0.3 is 0 Å². The van der Waals surface area contributed by atoms with Crippen molar-refractivity contribution < 1.29 is 17.9 Å². The Morgan fingerprint density at radius 1 is 1.19 bits per heavy atom. The van der Waals surface area contributed by atoms with Crippen molar-refractivity contribution in [2.24, 2.45) is 0 Å². The van der Waals surface area contributed by atoms with Gasteiger partial charge in [0.25, 0.3) is 0 Å². The topological polar surface area (TPSA) is 76.7 Å². The number of hydrogen-bond acceptors (Lipinski definition) is 5. The molecular weight excluding hydrogens is 384 g/mol. The summed E-state index contributed by atoms with van der Waals surface area (Å²) in [6.07, 6.45) is 0. The van der Waals surface area contributed by atoms with Crippen LogP contribution in [0.1, 0.15) is 0 Å². The van der Waals surface area contributed by atoms with Crippen LogP contribution in [0.4, 0.5) is 0 Å². The molecule has 0 saturated carbocycles. The summed E-state index contributed by atoms with van der Waals surface area (Å²) in [5.74, 6) is 0.588. The SMILES string of the molecule is COCCNCCNS(=O)(=O)c1ccc(OC)c(Br)c1.Cl. The van der Waals surface area contributed by atoms with Gasteiger partial charge in [0.15, 0.2) is 0 Å². The van der Waals surface area contributed by atoms with Crippen LogP contribution < -0.4 is 14.8 Å². The van der Waals surface area contributed by atoms with Gasteiger partial charge in [0.1, 0.15) is 5.75 Å². The van der Waals surface area contributed by atoms with Gasteiger partial charge in [-0.05, 0) is 34.1 Å². The lowest BCUT2D eigenvalue weighted by Gasteiger charge is -2.09. The molecule has 0 bridgehead atoms. The van der Waals surface area contributed by atoms with E-state index in [1.165, 1.54) is 19.2 Å². The molecule has 1 aromatic carbocycles. The minimum Gasteiger partial charge on any atom is -0.496 e. The highest BCUT2D eigenvalue weighted by molar-refractivity contribution is 9.10. The number of halogens is 2. The Morgan fingerprint density at radius 3 is 2.48 bits per heavy atom. The fourth-order valence-corrected chi connectivity index (χ4v) is 3.22. The van der Waals surface area contributed by atoms with Gasteiger partial charge in [-0.2, -0.15) is 0 Å². The maximum absolute atomic E-state index is 12.0. The number of nitrogens with one attached hydrogen (secondary N) is 2. The molecule has 0 aliphatic carbocycles. The molecule has 6 nitrogen and oxygen atoms in total. The molecule has 21 heavy (non-hydrogen) atoms. The Balaban J connectivity index is 0.00000400. The lowest BCUT2D eigenvalue weighted by molar-refractivity contribution is 0.199. The van der Waals surface area contributed by atoms with Gasteiger partial charge in [-0.15, -0.1) is 12.4 Å². The molecule has 0 saturated heterocycles. The second-order valence-electron chi connectivity index (χ2n) is 3.94. The fraction of sp³-hybridized carbons (Fsp3) is 0.500. The summed E-state index contributed by atoms with van der Waals surface area (Å²) in [6, 6.07) is 4.62. The van der Waals surface area contributed by atoms with Crippen molar-refractivity contribution in [3.05, 3.63) is 22.7 Å². The van der Waals surface area contributed by atoms with E-state index in [0.717, 1.165) is 0 Å². The Labute approximate surface area is 140 Å². The monoisotopic (exact) mass is 402 g/mol. The van der Waals surface area contributed by atoms with E-state index in [4.69, 9.17) is 9.47 Å². The minimum atomic E-state index is -3.51. The third-order valence-electron chi connectivity index (χ3n) is 2.51. The summed E-state index contributed by atoms with van der Waals surface area (Å²) in [5, 5.41) is 3.06. The largest absolute Gasteiger partial charge is 0.496 e. The minimum absolute atomic E-state index is 0. The van der Waals surface area contributed by atoms with E-state index in [1.807, 2.05) is 0 Å². The Morgan fingerprint density at radius 2 is 1.90 bits per heavy atom. The van der Waals surface area contributed by atoms with Gasteiger partial charge in [0.2, 0.25) is 10.0 Å². The smallest absolute Gasteiger partial charge is 0.240 e. The van der Waals surface area contributed by atoms with Crippen molar-refractivity contribution >= 4 is 38.4 Å². The van der Waals surface area contributed by atoms with E-state index >= 15 is 0 Å². The van der Waals surface area contributed by atoms with Crippen LogP contribution >= 0.6 is 28.3 Å². The van der Waals surface area contributed by atoms with Crippen molar-refractivity contribution in [2.45, 2.75) is 4.90 Å². The van der Waals surface area contributed by atoms with Crippen molar-refractivity contribution in [3.63, 3.8) is 0 Å².